The summed E-state index contributed by atoms with van der Waals surface area (Å²) < 4.78 is 0. The number of rotatable bonds is 28. The standard InChI is InChI=1S/C38H58N12O12/c1-19(38(61)62)45-33(56)26(10-12-29(41)53)47-36(59)28(16-22-17-43-18-44-22)49-34(57)25(5-3-4-14-39)46-35(58)27(11-13-30(42)54)48-37(60)31(20(2)51)50-32(55)24(40)15-21-6-8-23(52)9-7-21/h6-9,17-20,24-28,31,51-52H,3-5,10-16,39-40H2,1-2H3,(H2,41,53)(H2,42,54)(H,43,44)(H,45,56)(H,46,58)(H,47,59)(H,48,60)(H,49,57)(H,50,55)(H,61,62)/t19-,20+,24-,25-,26-,27-,28-,31-/m0/s1. The molecule has 0 aliphatic rings. The van der Waals surface area contributed by atoms with Gasteiger partial charge in [-0.15, -0.1) is 0 Å². The Morgan fingerprint density at radius 2 is 1.18 bits per heavy atom. The highest BCUT2D eigenvalue weighted by Crippen LogP contribution is 2.12. The lowest BCUT2D eigenvalue weighted by Gasteiger charge is -2.28. The highest BCUT2D eigenvalue weighted by molar-refractivity contribution is 5.97. The van der Waals surface area contributed by atoms with Crippen LogP contribution in [0.5, 0.6) is 5.75 Å². The Bertz CT molecular complexity index is 1840. The molecule has 62 heavy (non-hydrogen) atoms. The summed E-state index contributed by atoms with van der Waals surface area (Å²) in [4.78, 5) is 123. The van der Waals surface area contributed by atoms with Gasteiger partial charge in [-0.2, -0.15) is 0 Å². The lowest BCUT2D eigenvalue weighted by atomic mass is 10.0. The Balaban J connectivity index is 2.35. The van der Waals surface area contributed by atoms with Crippen LogP contribution in [0.4, 0.5) is 0 Å². The fraction of sp³-hybridized carbons (Fsp3) is 0.526. The summed E-state index contributed by atoms with van der Waals surface area (Å²) in [6.07, 6.45) is 0.0242. The number of phenolic OH excluding ortho intramolecular Hbond substituents is 1. The number of phenols is 1. The molecule has 8 amide bonds. The fourth-order valence-electron chi connectivity index (χ4n) is 5.80. The number of carboxylic acids is 1. The first-order valence-corrected chi connectivity index (χ1v) is 19.7. The quantitative estimate of drug-likeness (QED) is 0.0357. The highest BCUT2D eigenvalue weighted by atomic mass is 16.4. The van der Waals surface area contributed by atoms with Gasteiger partial charge in [-0.25, -0.2) is 4.98 Å². The number of aliphatic hydroxyl groups excluding tert-OH is 1. The summed E-state index contributed by atoms with van der Waals surface area (Å²) in [6.45, 7) is 2.59. The zero-order chi connectivity index (χ0) is 46.5. The molecule has 1 heterocycles. The van der Waals surface area contributed by atoms with E-state index in [4.69, 9.17) is 22.9 Å². The summed E-state index contributed by atoms with van der Waals surface area (Å²) >= 11 is 0. The first-order chi connectivity index (χ1) is 29.2. The van der Waals surface area contributed by atoms with Crippen LogP contribution in [0.15, 0.2) is 36.8 Å². The summed E-state index contributed by atoms with van der Waals surface area (Å²) in [5.74, 6) is -8.73. The van der Waals surface area contributed by atoms with Crippen molar-refractivity contribution in [3.63, 3.8) is 0 Å². The van der Waals surface area contributed by atoms with E-state index in [2.05, 4.69) is 41.9 Å². The van der Waals surface area contributed by atoms with Gasteiger partial charge in [0.05, 0.1) is 18.5 Å². The van der Waals surface area contributed by atoms with Crippen molar-refractivity contribution in [2.75, 3.05) is 6.54 Å². The lowest BCUT2D eigenvalue weighted by molar-refractivity contribution is -0.142. The van der Waals surface area contributed by atoms with Crippen LogP contribution in [0, 0.1) is 0 Å². The third-order valence-corrected chi connectivity index (χ3v) is 9.34. The van der Waals surface area contributed by atoms with E-state index >= 15 is 0 Å². The molecule has 18 N–H and O–H groups in total. The van der Waals surface area contributed by atoms with Gasteiger partial charge in [0.2, 0.25) is 47.3 Å². The molecule has 0 fully saturated rings. The van der Waals surface area contributed by atoms with Crippen molar-refractivity contribution in [1.82, 2.24) is 41.9 Å². The van der Waals surface area contributed by atoms with Crippen LogP contribution in [-0.2, 0) is 56.0 Å². The lowest BCUT2D eigenvalue weighted by Crippen LogP contribution is -2.61. The zero-order valence-corrected chi connectivity index (χ0v) is 34.4. The molecule has 0 saturated carbocycles. The van der Waals surface area contributed by atoms with E-state index in [9.17, 15) is 58.5 Å². The van der Waals surface area contributed by atoms with E-state index < -0.39 is 108 Å². The van der Waals surface area contributed by atoms with Crippen LogP contribution in [0.1, 0.15) is 70.1 Å². The van der Waals surface area contributed by atoms with E-state index in [0.29, 0.717) is 17.7 Å². The largest absolute Gasteiger partial charge is 0.508 e. The van der Waals surface area contributed by atoms with E-state index in [1.165, 1.54) is 38.5 Å². The predicted octanol–water partition coefficient (Wildman–Crippen LogP) is -4.72. The van der Waals surface area contributed by atoms with Gasteiger partial charge in [0.1, 0.15) is 42.0 Å². The Morgan fingerprint density at radius 1 is 0.677 bits per heavy atom. The van der Waals surface area contributed by atoms with E-state index in [-0.39, 0.29) is 57.2 Å². The molecule has 0 bridgehead atoms. The minimum absolute atomic E-state index is 0.000797. The number of aromatic nitrogens is 2. The average molecular weight is 875 g/mol. The van der Waals surface area contributed by atoms with Crippen LogP contribution in [0.3, 0.4) is 0 Å². The molecule has 0 saturated heterocycles. The number of benzene rings is 1. The molecule has 0 radical (unpaired) electrons. The number of imidazole rings is 1. The summed E-state index contributed by atoms with van der Waals surface area (Å²) in [7, 11) is 0. The Labute approximate surface area is 356 Å². The minimum Gasteiger partial charge on any atom is -0.508 e. The number of nitrogens with two attached hydrogens (primary N) is 4. The first-order valence-electron chi connectivity index (χ1n) is 19.7. The topological polar surface area (TPSA) is 419 Å². The number of carbonyl (C=O) groups excluding carboxylic acids is 8. The van der Waals surface area contributed by atoms with Crippen LogP contribution >= 0.6 is 0 Å². The number of nitrogens with one attached hydrogen (secondary N) is 7. The maximum absolute atomic E-state index is 14.0. The Hall–Kier alpha value is -6.66. The van der Waals surface area contributed by atoms with Gasteiger partial charge in [-0.3, -0.25) is 43.2 Å². The third kappa shape index (κ3) is 18.3. The predicted molar refractivity (Wildman–Crippen MR) is 218 cm³/mol. The van der Waals surface area contributed by atoms with Gasteiger partial charge in [0.25, 0.3) is 0 Å². The van der Waals surface area contributed by atoms with Crippen molar-refractivity contribution in [1.29, 1.82) is 0 Å². The Kier molecular flexibility index (Phi) is 21.5. The first kappa shape index (κ1) is 51.5. The minimum atomic E-state index is -1.65. The van der Waals surface area contributed by atoms with Crippen LogP contribution in [0.2, 0.25) is 0 Å². The number of primary amides is 2. The number of nitrogens with zero attached hydrogens (tertiary/aromatic N) is 1. The number of aromatic hydroxyl groups is 1. The average Bonchev–Trinajstić information content (AvgIpc) is 3.72. The molecule has 0 aliphatic heterocycles. The number of aliphatic hydroxyl groups is 1. The molecule has 0 unspecified atom stereocenters. The van der Waals surface area contributed by atoms with Crippen molar-refractivity contribution in [2.45, 2.75) is 120 Å². The molecule has 0 spiro atoms. The Morgan fingerprint density at radius 3 is 1.66 bits per heavy atom. The fourth-order valence-corrected chi connectivity index (χ4v) is 5.80. The zero-order valence-electron chi connectivity index (χ0n) is 34.4. The second-order valence-electron chi connectivity index (χ2n) is 14.6. The smallest absolute Gasteiger partial charge is 0.325 e. The van der Waals surface area contributed by atoms with Crippen molar-refractivity contribution >= 4 is 53.2 Å². The maximum Gasteiger partial charge on any atom is 0.325 e. The molecule has 24 nitrogen and oxygen atoms in total. The number of carboxylic acid groups (broad SMARTS) is 1. The van der Waals surface area contributed by atoms with Gasteiger partial charge in [0, 0.05) is 31.2 Å². The molecule has 1 aromatic carbocycles. The molecule has 24 heteroatoms. The van der Waals surface area contributed by atoms with Gasteiger partial charge in [-0.05, 0) is 76.6 Å². The van der Waals surface area contributed by atoms with Crippen molar-refractivity contribution in [2.24, 2.45) is 22.9 Å². The maximum atomic E-state index is 14.0. The second kappa shape index (κ2) is 25.8. The monoisotopic (exact) mass is 874 g/mol. The third-order valence-electron chi connectivity index (χ3n) is 9.34. The number of amides is 8. The summed E-state index contributed by atoms with van der Waals surface area (Å²) in [6, 6.07) is -4.27. The number of unbranched alkanes of at least 4 members (excludes halogenated alkanes) is 1. The van der Waals surface area contributed by atoms with Gasteiger partial charge >= 0.3 is 5.97 Å². The van der Waals surface area contributed by atoms with Crippen molar-refractivity contribution in [3.8, 4) is 5.75 Å². The van der Waals surface area contributed by atoms with E-state index in [1.54, 1.807) is 12.1 Å². The molecule has 2 aromatic rings. The van der Waals surface area contributed by atoms with E-state index in [0.717, 1.165) is 0 Å². The molecular formula is C38H58N12O12. The number of aliphatic carboxylic acids is 1. The molecule has 1 aromatic heterocycles. The van der Waals surface area contributed by atoms with Crippen LogP contribution in [0.25, 0.3) is 0 Å². The molecule has 8 atom stereocenters. The van der Waals surface area contributed by atoms with Crippen molar-refractivity contribution in [3.05, 3.63) is 48.0 Å². The van der Waals surface area contributed by atoms with Gasteiger partial charge in [0.15, 0.2) is 0 Å². The van der Waals surface area contributed by atoms with E-state index in [1.807, 2.05) is 0 Å². The normalized spacial score (nSPS) is 14.9. The van der Waals surface area contributed by atoms with Gasteiger partial charge in [-0.1, -0.05) is 12.1 Å². The van der Waals surface area contributed by atoms with Crippen LogP contribution < -0.4 is 54.8 Å². The van der Waals surface area contributed by atoms with Crippen molar-refractivity contribution < 1.29 is 58.5 Å². The highest BCUT2D eigenvalue weighted by Gasteiger charge is 2.35. The van der Waals surface area contributed by atoms with Gasteiger partial charge < -0.3 is 75.1 Å². The van der Waals surface area contributed by atoms with Crippen LogP contribution in [-0.4, -0.2) is 133 Å². The number of hydrogen-bond acceptors (Lipinski definition) is 14. The number of carbonyl (C=O) groups is 9. The number of hydrogen-bond donors (Lipinski definition) is 14. The number of H-pyrrole nitrogens is 1. The summed E-state index contributed by atoms with van der Waals surface area (Å²) in [5.41, 5.74) is 23.2. The SMILES string of the molecule is C[C@H](NC(=O)[C@H](CCC(N)=O)NC(=O)[C@H](Cc1cnc[nH]1)NC(=O)[C@H](CCCCN)NC(=O)[C@H](CCC(N)=O)NC(=O)[C@@H](NC(=O)[C@@H](N)Cc1ccc(O)cc1)[C@@H](C)O)C(=O)O. The summed E-state index contributed by atoms with van der Waals surface area (Å²) in [5, 5.41) is 43.7. The number of aromatic amines is 1. The molecular weight excluding hydrogens is 816 g/mol. The molecule has 2 rings (SSSR count). The molecule has 342 valence electrons. The molecule has 0 aliphatic carbocycles. The second-order valence-corrected chi connectivity index (χ2v) is 14.6.